The van der Waals surface area contributed by atoms with E-state index in [9.17, 15) is 15.0 Å². The van der Waals surface area contributed by atoms with Crippen LogP contribution in [0.3, 0.4) is 0 Å². The van der Waals surface area contributed by atoms with Gasteiger partial charge in [0.15, 0.2) is 0 Å². The number of hydrogen-bond donors (Lipinski definition) is 2. The number of aliphatic hydroxyl groups excluding tert-OH is 1. The summed E-state index contributed by atoms with van der Waals surface area (Å²) in [7, 11) is 3.34. The molecule has 0 aliphatic rings. The number of aliphatic hydroxyl groups is 1. The maximum Gasteiger partial charge on any atom is 0.304 e. The lowest BCUT2D eigenvalue weighted by atomic mass is 9.86. The Morgan fingerprint density at radius 3 is 2.69 bits per heavy atom. The van der Waals surface area contributed by atoms with E-state index in [4.69, 9.17) is 4.74 Å². The van der Waals surface area contributed by atoms with Crippen LogP contribution in [-0.4, -0.2) is 38.3 Å². The van der Waals surface area contributed by atoms with Crippen LogP contribution in [0.15, 0.2) is 30.3 Å². The molecule has 7 heteroatoms. The van der Waals surface area contributed by atoms with Crippen LogP contribution in [0.25, 0.3) is 11.0 Å². The molecule has 1 unspecified atom stereocenters. The van der Waals surface area contributed by atoms with Crippen LogP contribution in [0.2, 0.25) is 0 Å². The van der Waals surface area contributed by atoms with E-state index in [1.807, 2.05) is 37.3 Å². The van der Waals surface area contributed by atoms with Crippen LogP contribution in [0.4, 0.5) is 0 Å². The lowest BCUT2D eigenvalue weighted by Crippen LogP contribution is -2.09. The molecular weight excluding hydrogens is 334 g/mol. The van der Waals surface area contributed by atoms with Crippen molar-refractivity contribution in [3.05, 3.63) is 52.6 Å². The van der Waals surface area contributed by atoms with E-state index in [-0.39, 0.29) is 13.0 Å². The summed E-state index contributed by atoms with van der Waals surface area (Å²) < 4.78 is 7.10. The zero-order chi connectivity index (χ0) is 18.8. The molecule has 7 nitrogen and oxygen atoms in total. The lowest BCUT2D eigenvalue weighted by Gasteiger charge is -2.19. The summed E-state index contributed by atoms with van der Waals surface area (Å²) in [5, 5.41) is 27.1. The summed E-state index contributed by atoms with van der Waals surface area (Å²) in [6.45, 7) is 1.82. The number of methoxy groups -OCH3 is 1. The van der Waals surface area contributed by atoms with Gasteiger partial charge in [-0.15, -0.1) is 5.10 Å². The molecule has 2 aromatic carbocycles. The first kappa shape index (κ1) is 17.9. The number of benzene rings is 2. The average molecular weight is 355 g/mol. The number of carbonyl (C=O) groups is 1. The zero-order valence-electron chi connectivity index (χ0n) is 14.9. The van der Waals surface area contributed by atoms with Crippen molar-refractivity contribution in [2.45, 2.75) is 25.9 Å². The summed E-state index contributed by atoms with van der Waals surface area (Å²) >= 11 is 0. The molecule has 1 heterocycles. The largest absolute Gasteiger partial charge is 0.494 e. The van der Waals surface area contributed by atoms with Gasteiger partial charge in [-0.05, 0) is 41.3 Å². The average Bonchev–Trinajstić information content (AvgIpc) is 3.00. The van der Waals surface area contributed by atoms with Gasteiger partial charge < -0.3 is 14.9 Å². The van der Waals surface area contributed by atoms with Gasteiger partial charge in [0.2, 0.25) is 0 Å². The van der Waals surface area contributed by atoms with Crippen molar-refractivity contribution in [3.8, 4) is 5.75 Å². The first-order valence-corrected chi connectivity index (χ1v) is 8.24. The van der Waals surface area contributed by atoms with Crippen molar-refractivity contribution in [2.24, 2.45) is 7.05 Å². The molecule has 26 heavy (non-hydrogen) atoms. The maximum absolute atomic E-state index is 11.5. The van der Waals surface area contributed by atoms with Gasteiger partial charge in [-0.25, -0.2) is 4.68 Å². The van der Waals surface area contributed by atoms with E-state index in [1.54, 1.807) is 18.8 Å². The highest BCUT2D eigenvalue weighted by Crippen LogP contribution is 2.35. The third kappa shape index (κ3) is 3.25. The summed E-state index contributed by atoms with van der Waals surface area (Å²) in [5.41, 5.74) is 4.76. The molecule has 0 aliphatic carbocycles. The Labute approximate surface area is 150 Å². The molecule has 0 radical (unpaired) electrons. The van der Waals surface area contributed by atoms with Crippen molar-refractivity contribution >= 4 is 17.0 Å². The molecule has 0 saturated heterocycles. The van der Waals surface area contributed by atoms with E-state index in [2.05, 4.69) is 10.3 Å². The monoisotopic (exact) mass is 355 g/mol. The molecule has 0 fully saturated rings. The Kier molecular flexibility index (Phi) is 4.90. The van der Waals surface area contributed by atoms with E-state index >= 15 is 0 Å². The first-order chi connectivity index (χ1) is 12.4. The van der Waals surface area contributed by atoms with Crippen molar-refractivity contribution < 1.29 is 19.7 Å². The van der Waals surface area contributed by atoms with Crippen molar-refractivity contribution in [1.29, 1.82) is 0 Å². The molecule has 1 aromatic heterocycles. The molecule has 0 aliphatic heterocycles. The minimum Gasteiger partial charge on any atom is -0.494 e. The molecule has 0 bridgehead atoms. The molecule has 3 rings (SSSR count). The highest BCUT2D eigenvalue weighted by Gasteiger charge is 2.22. The molecule has 136 valence electrons. The predicted molar refractivity (Wildman–Crippen MR) is 96.3 cm³/mol. The molecule has 2 N–H and O–H groups in total. The molecule has 0 saturated carbocycles. The van der Waals surface area contributed by atoms with E-state index in [1.165, 1.54) is 0 Å². The molecule has 1 atom stereocenters. The maximum atomic E-state index is 11.5. The number of hydrogen-bond acceptors (Lipinski definition) is 5. The normalized spacial score (nSPS) is 12.3. The standard InChI is InChI=1S/C19H21N3O4/c1-11-4-5-12(6-14(11)10-23)15(9-18(24)25)13-7-16-19(17(8-13)26-3)22(2)21-20-16/h4-8,15,23H,9-10H2,1-3H3,(H,24,25). The summed E-state index contributed by atoms with van der Waals surface area (Å²) in [6.07, 6.45) is -0.0805. The fourth-order valence-corrected chi connectivity index (χ4v) is 3.21. The van der Waals surface area contributed by atoms with E-state index in [0.717, 1.165) is 27.8 Å². The van der Waals surface area contributed by atoms with Crippen LogP contribution in [-0.2, 0) is 18.4 Å². The number of nitrogens with zero attached hydrogens (tertiary/aromatic N) is 3. The highest BCUT2D eigenvalue weighted by molar-refractivity contribution is 5.83. The van der Waals surface area contributed by atoms with Gasteiger partial charge in [0.05, 0.1) is 20.1 Å². The molecular formula is C19H21N3O4. The van der Waals surface area contributed by atoms with Crippen LogP contribution in [0, 0.1) is 6.92 Å². The second-order valence-electron chi connectivity index (χ2n) is 6.30. The second-order valence-corrected chi connectivity index (χ2v) is 6.30. The fourth-order valence-electron chi connectivity index (χ4n) is 3.21. The number of carboxylic acids is 1. The number of rotatable bonds is 6. The predicted octanol–water partition coefficient (Wildman–Crippen LogP) is 2.38. The summed E-state index contributed by atoms with van der Waals surface area (Å²) in [4.78, 5) is 11.5. The molecule has 0 amide bonds. The topological polar surface area (TPSA) is 97.5 Å². The third-order valence-electron chi connectivity index (χ3n) is 4.63. The number of aryl methyl sites for hydroxylation is 2. The first-order valence-electron chi connectivity index (χ1n) is 8.24. The third-order valence-corrected chi connectivity index (χ3v) is 4.63. The number of fused-ring (bicyclic) bond motifs is 1. The van der Waals surface area contributed by atoms with Crippen LogP contribution < -0.4 is 4.74 Å². The number of aromatic nitrogens is 3. The Balaban J connectivity index is 2.17. The van der Waals surface area contributed by atoms with E-state index < -0.39 is 11.9 Å². The van der Waals surface area contributed by atoms with Crippen molar-refractivity contribution in [3.63, 3.8) is 0 Å². The van der Waals surface area contributed by atoms with Gasteiger partial charge >= 0.3 is 5.97 Å². The van der Waals surface area contributed by atoms with Gasteiger partial charge in [0, 0.05) is 13.0 Å². The smallest absolute Gasteiger partial charge is 0.304 e. The lowest BCUT2D eigenvalue weighted by molar-refractivity contribution is -0.137. The van der Waals surface area contributed by atoms with Crippen LogP contribution in [0.5, 0.6) is 5.75 Å². The molecule has 0 spiro atoms. The van der Waals surface area contributed by atoms with Crippen LogP contribution >= 0.6 is 0 Å². The van der Waals surface area contributed by atoms with Gasteiger partial charge in [0.25, 0.3) is 0 Å². The Morgan fingerprint density at radius 1 is 1.27 bits per heavy atom. The van der Waals surface area contributed by atoms with Gasteiger partial charge in [-0.2, -0.15) is 0 Å². The SMILES string of the molecule is COc1cc(C(CC(=O)O)c2ccc(C)c(CO)c2)cc2nnn(C)c12. The van der Waals surface area contributed by atoms with Crippen molar-refractivity contribution in [2.75, 3.05) is 7.11 Å². The fraction of sp³-hybridized carbons (Fsp3) is 0.316. The zero-order valence-corrected chi connectivity index (χ0v) is 14.9. The van der Waals surface area contributed by atoms with Crippen LogP contribution in [0.1, 0.15) is 34.6 Å². The Hall–Kier alpha value is -2.93. The van der Waals surface area contributed by atoms with Crippen molar-refractivity contribution in [1.82, 2.24) is 15.0 Å². The quantitative estimate of drug-likeness (QED) is 0.705. The van der Waals surface area contributed by atoms with Gasteiger partial charge in [-0.1, -0.05) is 23.4 Å². The minimum atomic E-state index is -0.903. The highest BCUT2D eigenvalue weighted by atomic mass is 16.5. The summed E-state index contributed by atoms with van der Waals surface area (Å²) in [6, 6.07) is 9.33. The number of carboxylic acid groups (broad SMARTS) is 1. The Morgan fingerprint density at radius 2 is 2.04 bits per heavy atom. The second kappa shape index (κ2) is 7.13. The molecule has 3 aromatic rings. The Bertz CT molecular complexity index is 965. The van der Waals surface area contributed by atoms with Gasteiger partial charge in [-0.3, -0.25) is 4.79 Å². The summed E-state index contributed by atoms with van der Waals surface area (Å²) in [5.74, 6) is -0.701. The number of aliphatic carboxylic acids is 1. The van der Waals surface area contributed by atoms with Gasteiger partial charge in [0.1, 0.15) is 16.8 Å². The minimum absolute atomic E-state index is 0.0805. The number of ether oxygens (including phenoxy) is 1. The van der Waals surface area contributed by atoms with E-state index in [0.29, 0.717) is 11.3 Å².